The van der Waals surface area contributed by atoms with Gasteiger partial charge in [0.05, 0.1) is 26.3 Å². The summed E-state index contributed by atoms with van der Waals surface area (Å²) < 4.78 is 10.8. The number of aromatic nitrogens is 2. The molecule has 2 aliphatic rings. The molecule has 0 radical (unpaired) electrons. The molecule has 0 saturated carbocycles. The van der Waals surface area contributed by atoms with E-state index >= 15 is 0 Å². The van der Waals surface area contributed by atoms with Crippen molar-refractivity contribution in [3.63, 3.8) is 0 Å². The Kier molecular flexibility index (Phi) is 6.76. The number of ether oxygens (including phenoxy) is 1. The zero-order chi connectivity index (χ0) is 20.9. The molecule has 1 amide bonds. The van der Waals surface area contributed by atoms with Crippen molar-refractivity contribution in [2.45, 2.75) is 26.3 Å². The molecule has 0 bridgehead atoms. The Morgan fingerprint density at radius 1 is 1.00 bits per heavy atom. The second kappa shape index (κ2) is 9.68. The van der Waals surface area contributed by atoms with Crippen LogP contribution < -0.4 is 0 Å². The molecule has 8 heteroatoms. The predicted molar refractivity (Wildman–Crippen MR) is 113 cm³/mol. The van der Waals surface area contributed by atoms with Crippen LogP contribution in [0.15, 0.2) is 28.8 Å². The maximum Gasteiger partial charge on any atom is 0.241 e. The van der Waals surface area contributed by atoms with Gasteiger partial charge in [0.25, 0.3) is 0 Å². The van der Waals surface area contributed by atoms with Crippen LogP contribution >= 0.6 is 0 Å². The largest absolute Gasteiger partial charge is 0.378 e. The molecule has 3 heterocycles. The Hall–Kier alpha value is -2.29. The number of nitrogens with zero attached hydrogens (tertiary/aromatic N) is 5. The van der Waals surface area contributed by atoms with Gasteiger partial charge in [-0.2, -0.15) is 4.98 Å². The average molecular weight is 414 g/mol. The van der Waals surface area contributed by atoms with E-state index in [4.69, 9.17) is 9.26 Å². The lowest BCUT2D eigenvalue weighted by Gasteiger charge is -2.35. The van der Waals surface area contributed by atoms with Crippen molar-refractivity contribution >= 4 is 5.91 Å². The molecule has 2 aromatic rings. The zero-order valence-corrected chi connectivity index (χ0v) is 17.9. The Labute approximate surface area is 177 Å². The van der Waals surface area contributed by atoms with Crippen molar-refractivity contribution in [2.24, 2.45) is 0 Å². The van der Waals surface area contributed by atoms with Crippen LogP contribution in [0.4, 0.5) is 0 Å². The first-order chi connectivity index (χ1) is 14.6. The lowest BCUT2D eigenvalue weighted by molar-refractivity contribution is -0.136. The summed E-state index contributed by atoms with van der Waals surface area (Å²) in [5.41, 5.74) is 2.27. The van der Waals surface area contributed by atoms with Gasteiger partial charge in [-0.25, -0.2) is 0 Å². The number of benzene rings is 1. The number of rotatable bonds is 6. The highest BCUT2D eigenvalue weighted by molar-refractivity contribution is 5.78. The lowest BCUT2D eigenvalue weighted by Crippen LogP contribution is -2.51. The van der Waals surface area contributed by atoms with Gasteiger partial charge < -0.3 is 14.2 Å². The molecule has 0 atom stereocenters. The van der Waals surface area contributed by atoms with E-state index in [9.17, 15) is 4.79 Å². The predicted octanol–water partition coefficient (Wildman–Crippen LogP) is 1.84. The molecule has 8 nitrogen and oxygen atoms in total. The SMILES string of the molecule is CC(C)c1ccc(-c2noc(CN3CCN(CC(=O)N4CCOCC4)CC3)n2)cc1. The summed E-state index contributed by atoms with van der Waals surface area (Å²) in [4.78, 5) is 23.4. The Morgan fingerprint density at radius 3 is 2.33 bits per heavy atom. The number of carbonyl (C=O) groups is 1. The van der Waals surface area contributed by atoms with Crippen molar-refractivity contribution in [1.82, 2.24) is 24.8 Å². The molecule has 0 aliphatic carbocycles. The van der Waals surface area contributed by atoms with Crippen LogP contribution in [-0.2, 0) is 16.1 Å². The van der Waals surface area contributed by atoms with Gasteiger partial charge in [0.2, 0.25) is 17.6 Å². The maximum absolute atomic E-state index is 12.4. The highest BCUT2D eigenvalue weighted by Gasteiger charge is 2.24. The van der Waals surface area contributed by atoms with Crippen LogP contribution in [0, 0.1) is 0 Å². The molecule has 0 spiro atoms. The first-order valence-electron chi connectivity index (χ1n) is 10.8. The number of amides is 1. The standard InChI is InChI=1S/C22H31N5O3/c1-17(2)18-3-5-19(6-4-18)22-23-20(30-24-22)15-25-7-9-26(10-8-25)16-21(28)27-11-13-29-14-12-27/h3-6,17H,7-16H2,1-2H3. The quantitative estimate of drug-likeness (QED) is 0.715. The maximum atomic E-state index is 12.4. The van der Waals surface area contributed by atoms with E-state index in [-0.39, 0.29) is 5.91 Å². The van der Waals surface area contributed by atoms with E-state index < -0.39 is 0 Å². The molecule has 30 heavy (non-hydrogen) atoms. The Bertz CT molecular complexity index is 822. The van der Waals surface area contributed by atoms with Crippen LogP contribution in [0.2, 0.25) is 0 Å². The normalized spacial score (nSPS) is 18.8. The van der Waals surface area contributed by atoms with E-state index in [1.165, 1.54) is 5.56 Å². The van der Waals surface area contributed by atoms with Crippen LogP contribution in [0.1, 0.15) is 31.2 Å². The van der Waals surface area contributed by atoms with Crippen LogP contribution in [0.25, 0.3) is 11.4 Å². The van der Waals surface area contributed by atoms with Gasteiger partial charge in [-0.3, -0.25) is 14.6 Å². The molecule has 0 N–H and O–H groups in total. The fraction of sp³-hybridized carbons (Fsp3) is 0.591. The summed E-state index contributed by atoms with van der Waals surface area (Å²) in [5, 5.41) is 4.15. The monoisotopic (exact) mass is 413 g/mol. The molecule has 162 valence electrons. The van der Waals surface area contributed by atoms with Gasteiger partial charge in [-0.1, -0.05) is 43.3 Å². The second-order valence-electron chi connectivity index (χ2n) is 8.33. The highest BCUT2D eigenvalue weighted by atomic mass is 16.5. The highest BCUT2D eigenvalue weighted by Crippen LogP contribution is 2.21. The smallest absolute Gasteiger partial charge is 0.241 e. The summed E-state index contributed by atoms with van der Waals surface area (Å²) in [6, 6.07) is 8.34. The zero-order valence-electron chi connectivity index (χ0n) is 17.9. The van der Waals surface area contributed by atoms with E-state index in [1.807, 2.05) is 17.0 Å². The number of hydrogen-bond acceptors (Lipinski definition) is 7. The second-order valence-corrected chi connectivity index (χ2v) is 8.33. The molecule has 0 unspecified atom stereocenters. The third-order valence-electron chi connectivity index (χ3n) is 5.85. The molecular formula is C22H31N5O3. The molecule has 2 saturated heterocycles. The fourth-order valence-corrected chi connectivity index (χ4v) is 3.85. The minimum Gasteiger partial charge on any atom is -0.378 e. The summed E-state index contributed by atoms with van der Waals surface area (Å²) >= 11 is 0. The number of piperazine rings is 1. The molecule has 4 rings (SSSR count). The van der Waals surface area contributed by atoms with Gasteiger partial charge in [-0.05, 0) is 11.5 Å². The summed E-state index contributed by atoms with van der Waals surface area (Å²) in [5.74, 6) is 1.98. The van der Waals surface area contributed by atoms with Gasteiger partial charge >= 0.3 is 0 Å². The molecule has 2 fully saturated rings. The first-order valence-corrected chi connectivity index (χ1v) is 10.8. The van der Waals surface area contributed by atoms with Gasteiger partial charge in [0, 0.05) is 44.8 Å². The number of carbonyl (C=O) groups excluding carboxylic acids is 1. The van der Waals surface area contributed by atoms with Crippen molar-refractivity contribution < 1.29 is 14.1 Å². The van der Waals surface area contributed by atoms with Crippen molar-refractivity contribution in [3.8, 4) is 11.4 Å². The van der Waals surface area contributed by atoms with E-state index in [0.717, 1.165) is 31.7 Å². The van der Waals surface area contributed by atoms with Gasteiger partial charge in [0.1, 0.15) is 0 Å². The minimum absolute atomic E-state index is 0.205. The van der Waals surface area contributed by atoms with E-state index in [2.05, 4.69) is 45.9 Å². The molecule has 1 aromatic carbocycles. The summed E-state index contributed by atoms with van der Waals surface area (Å²) in [6.45, 7) is 11.7. The van der Waals surface area contributed by atoms with Crippen molar-refractivity contribution in [2.75, 3.05) is 59.0 Å². The summed E-state index contributed by atoms with van der Waals surface area (Å²) in [7, 11) is 0. The van der Waals surface area contributed by atoms with Crippen LogP contribution in [0.3, 0.4) is 0 Å². The Balaban J connectivity index is 1.25. The topological polar surface area (TPSA) is 74.9 Å². The van der Waals surface area contributed by atoms with E-state index in [1.54, 1.807) is 0 Å². The third-order valence-corrected chi connectivity index (χ3v) is 5.85. The molecule has 2 aliphatic heterocycles. The van der Waals surface area contributed by atoms with Crippen LogP contribution in [-0.4, -0.2) is 89.8 Å². The lowest BCUT2D eigenvalue weighted by atomic mass is 10.0. The number of hydrogen-bond donors (Lipinski definition) is 0. The first kappa shape index (κ1) is 21.0. The van der Waals surface area contributed by atoms with Crippen LogP contribution in [0.5, 0.6) is 0 Å². The third kappa shape index (κ3) is 5.24. The van der Waals surface area contributed by atoms with Crippen molar-refractivity contribution in [3.05, 3.63) is 35.7 Å². The van der Waals surface area contributed by atoms with Gasteiger partial charge in [-0.15, -0.1) is 0 Å². The summed E-state index contributed by atoms with van der Waals surface area (Å²) in [6.07, 6.45) is 0. The molecular weight excluding hydrogens is 382 g/mol. The molecule has 1 aromatic heterocycles. The average Bonchev–Trinajstić information content (AvgIpc) is 3.24. The Morgan fingerprint density at radius 2 is 1.67 bits per heavy atom. The van der Waals surface area contributed by atoms with E-state index in [0.29, 0.717) is 57.0 Å². The van der Waals surface area contributed by atoms with Gasteiger partial charge in [0.15, 0.2) is 0 Å². The van der Waals surface area contributed by atoms with Crippen molar-refractivity contribution in [1.29, 1.82) is 0 Å². The number of morpholine rings is 1. The minimum atomic E-state index is 0.205. The fourth-order valence-electron chi connectivity index (χ4n) is 3.85.